The number of rotatable bonds is 6. The van der Waals surface area contributed by atoms with E-state index in [0.29, 0.717) is 6.42 Å². The summed E-state index contributed by atoms with van der Waals surface area (Å²) in [5, 5.41) is 0. The van der Waals surface area contributed by atoms with E-state index in [-0.39, 0.29) is 24.7 Å². The summed E-state index contributed by atoms with van der Waals surface area (Å²) in [5.74, 6) is 0.554. The molecule has 0 aromatic carbocycles. The number of carbonyl (C=O) groups excluding carboxylic acids is 1. The lowest BCUT2D eigenvalue weighted by Crippen LogP contribution is -2.35. The van der Waals surface area contributed by atoms with Crippen LogP contribution in [0.25, 0.3) is 0 Å². The van der Waals surface area contributed by atoms with Crippen molar-refractivity contribution in [3.05, 3.63) is 0 Å². The van der Waals surface area contributed by atoms with E-state index in [1.54, 1.807) is 0 Å². The summed E-state index contributed by atoms with van der Waals surface area (Å²) < 4.78 is 31.9. The standard InChI is InChI=1S/C18H30F2O2/c1-2-3-4-5-13-6-8-14(9-7-13)18(21)22-15-10-11-16(19)17(20)12-15/h13-17H,2-12H2,1H3. The minimum atomic E-state index is -1.47. The van der Waals surface area contributed by atoms with Crippen LogP contribution in [0, 0.1) is 11.8 Å². The Morgan fingerprint density at radius 2 is 1.73 bits per heavy atom. The predicted octanol–water partition coefficient (Wildman–Crippen LogP) is 5.15. The minimum absolute atomic E-state index is 0.0245. The highest BCUT2D eigenvalue weighted by atomic mass is 19.2. The molecule has 2 fully saturated rings. The quantitative estimate of drug-likeness (QED) is 0.500. The molecule has 3 atom stereocenters. The Labute approximate surface area is 133 Å². The van der Waals surface area contributed by atoms with Gasteiger partial charge in [-0.25, -0.2) is 8.78 Å². The van der Waals surface area contributed by atoms with Crippen molar-refractivity contribution < 1.29 is 18.3 Å². The lowest BCUT2D eigenvalue weighted by Gasteiger charge is -2.31. The maximum absolute atomic E-state index is 13.4. The zero-order chi connectivity index (χ0) is 15.9. The fraction of sp³-hybridized carbons (Fsp3) is 0.944. The van der Waals surface area contributed by atoms with Gasteiger partial charge in [-0.1, -0.05) is 32.6 Å². The van der Waals surface area contributed by atoms with Crippen molar-refractivity contribution in [3.8, 4) is 0 Å². The molecule has 0 radical (unpaired) electrons. The largest absolute Gasteiger partial charge is 0.462 e. The molecule has 128 valence electrons. The molecule has 0 aromatic heterocycles. The molecule has 2 saturated carbocycles. The van der Waals surface area contributed by atoms with Crippen LogP contribution in [0.5, 0.6) is 0 Å². The van der Waals surface area contributed by atoms with Gasteiger partial charge in [-0.3, -0.25) is 4.79 Å². The molecule has 22 heavy (non-hydrogen) atoms. The third-order valence-corrected chi connectivity index (χ3v) is 5.32. The van der Waals surface area contributed by atoms with Crippen molar-refractivity contribution in [2.45, 2.75) is 96.0 Å². The number of esters is 1. The number of unbranched alkanes of at least 4 members (excludes halogenated alkanes) is 2. The first-order valence-corrected chi connectivity index (χ1v) is 9.08. The van der Waals surface area contributed by atoms with Crippen LogP contribution in [-0.2, 0) is 9.53 Å². The summed E-state index contributed by atoms with van der Waals surface area (Å²) in [6.45, 7) is 2.21. The Balaban J connectivity index is 1.67. The van der Waals surface area contributed by atoms with E-state index in [2.05, 4.69) is 6.92 Å². The molecule has 0 N–H and O–H groups in total. The molecule has 0 aromatic rings. The molecular weight excluding hydrogens is 286 g/mol. The van der Waals surface area contributed by atoms with E-state index in [1.807, 2.05) is 0 Å². The second kappa shape index (κ2) is 8.83. The Morgan fingerprint density at radius 3 is 2.36 bits per heavy atom. The number of ether oxygens (including phenoxy) is 1. The first-order valence-electron chi connectivity index (χ1n) is 9.08. The lowest BCUT2D eigenvalue weighted by atomic mass is 9.79. The van der Waals surface area contributed by atoms with E-state index in [9.17, 15) is 13.6 Å². The van der Waals surface area contributed by atoms with Crippen LogP contribution in [0.1, 0.15) is 77.6 Å². The Bertz CT molecular complexity index is 340. The molecule has 0 bridgehead atoms. The van der Waals surface area contributed by atoms with Crippen LogP contribution in [-0.4, -0.2) is 24.4 Å². The third-order valence-electron chi connectivity index (χ3n) is 5.32. The van der Waals surface area contributed by atoms with E-state index >= 15 is 0 Å². The molecule has 2 rings (SSSR count). The van der Waals surface area contributed by atoms with Crippen LogP contribution in [0.3, 0.4) is 0 Å². The van der Waals surface area contributed by atoms with Gasteiger partial charge in [0.05, 0.1) is 5.92 Å². The van der Waals surface area contributed by atoms with Gasteiger partial charge in [0, 0.05) is 6.42 Å². The average molecular weight is 316 g/mol. The second-order valence-electron chi connectivity index (χ2n) is 7.12. The summed E-state index contributed by atoms with van der Waals surface area (Å²) in [5.41, 5.74) is 0. The maximum atomic E-state index is 13.4. The van der Waals surface area contributed by atoms with Gasteiger partial charge in [0.2, 0.25) is 0 Å². The first-order chi connectivity index (χ1) is 10.6. The van der Waals surface area contributed by atoms with Gasteiger partial charge < -0.3 is 4.74 Å². The molecule has 0 saturated heterocycles. The number of carbonyl (C=O) groups is 1. The minimum Gasteiger partial charge on any atom is -0.462 e. The monoisotopic (exact) mass is 316 g/mol. The molecule has 4 heteroatoms. The number of hydrogen-bond donors (Lipinski definition) is 0. The molecule has 0 aliphatic heterocycles. The predicted molar refractivity (Wildman–Crippen MR) is 83.1 cm³/mol. The van der Waals surface area contributed by atoms with Gasteiger partial charge in [-0.15, -0.1) is 0 Å². The van der Waals surface area contributed by atoms with Crippen molar-refractivity contribution in [3.63, 3.8) is 0 Å². The van der Waals surface area contributed by atoms with Gasteiger partial charge in [0.25, 0.3) is 0 Å². The summed E-state index contributed by atoms with van der Waals surface area (Å²) in [6, 6.07) is 0. The maximum Gasteiger partial charge on any atom is 0.309 e. The molecule has 0 heterocycles. The molecule has 2 nitrogen and oxygen atoms in total. The summed E-state index contributed by atoms with van der Waals surface area (Å²) in [6.07, 6.45) is 6.50. The number of halogens is 2. The van der Waals surface area contributed by atoms with Gasteiger partial charge in [0.1, 0.15) is 18.4 Å². The van der Waals surface area contributed by atoms with Crippen molar-refractivity contribution in [2.24, 2.45) is 11.8 Å². The van der Waals surface area contributed by atoms with Crippen molar-refractivity contribution >= 4 is 5.97 Å². The average Bonchev–Trinajstić information content (AvgIpc) is 2.52. The van der Waals surface area contributed by atoms with Crippen molar-refractivity contribution in [1.82, 2.24) is 0 Å². The Morgan fingerprint density at radius 1 is 1.00 bits per heavy atom. The molecular formula is C18H30F2O2. The summed E-state index contributed by atoms with van der Waals surface area (Å²) >= 11 is 0. The highest BCUT2D eigenvalue weighted by Crippen LogP contribution is 2.34. The van der Waals surface area contributed by atoms with Crippen molar-refractivity contribution in [2.75, 3.05) is 0 Å². The Kier molecular flexibility index (Phi) is 7.10. The molecule has 0 spiro atoms. The van der Waals surface area contributed by atoms with E-state index in [1.165, 1.54) is 25.7 Å². The molecule has 0 amide bonds. The normalized spacial score (nSPS) is 36.0. The number of hydrogen-bond acceptors (Lipinski definition) is 2. The Hall–Kier alpha value is -0.670. The fourth-order valence-corrected chi connectivity index (χ4v) is 3.78. The van der Waals surface area contributed by atoms with Gasteiger partial charge >= 0.3 is 5.97 Å². The number of alkyl halides is 2. The van der Waals surface area contributed by atoms with Gasteiger partial charge in [-0.05, 0) is 44.4 Å². The van der Waals surface area contributed by atoms with Crippen LogP contribution in [0.2, 0.25) is 0 Å². The molecule has 2 aliphatic rings. The van der Waals surface area contributed by atoms with Crippen molar-refractivity contribution in [1.29, 1.82) is 0 Å². The molecule has 3 unspecified atom stereocenters. The zero-order valence-electron chi connectivity index (χ0n) is 13.7. The van der Waals surface area contributed by atoms with Crippen LogP contribution in [0.15, 0.2) is 0 Å². The van der Waals surface area contributed by atoms with Gasteiger partial charge in [-0.2, -0.15) is 0 Å². The van der Waals surface area contributed by atoms with Crippen LogP contribution in [0.4, 0.5) is 8.78 Å². The van der Waals surface area contributed by atoms with Crippen LogP contribution < -0.4 is 0 Å². The lowest BCUT2D eigenvalue weighted by molar-refractivity contribution is -0.159. The second-order valence-corrected chi connectivity index (χ2v) is 7.12. The third kappa shape index (κ3) is 5.20. The van der Waals surface area contributed by atoms with E-state index < -0.39 is 18.4 Å². The summed E-state index contributed by atoms with van der Waals surface area (Å²) in [4.78, 5) is 12.2. The highest BCUT2D eigenvalue weighted by molar-refractivity contribution is 5.72. The van der Waals surface area contributed by atoms with E-state index in [0.717, 1.165) is 31.6 Å². The molecule has 2 aliphatic carbocycles. The first kappa shape index (κ1) is 17.7. The summed E-state index contributed by atoms with van der Waals surface area (Å²) in [7, 11) is 0. The van der Waals surface area contributed by atoms with E-state index in [4.69, 9.17) is 4.74 Å². The zero-order valence-corrected chi connectivity index (χ0v) is 13.7. The topological polar surface area (TPSA) is 26.3 Å². The smallest absolute Gasteiger partial charge is 0.309 e. The SMILES string of the molecule is CCCCCC1CCC(C(=O)OC2CCC(F)C(F)C2)CC1. The van der Waals surface area contributed by atoms with Crippen LogP contribution >= 0.6 is 0 Å². The fourth-order valence-electron chi connectivity index (χ4n) is 3.78. The highest BCUT2D eigenvalue weighted by Gasteiger charge is 2.34. The van der Waals surface area contributed by atoms with Gasteiger partial charge in [0.15, 0.2) is 0 Å².